The third-order valence-corrected chi connectivity index (χ3v) is 5.27. The van der Waals surface area contributed by atoms with Crippen LogP contribution in [0.25, 0.3) is 11.8 Å². The summed E-state index contributed by atoms with van der Waals surface area (Å²) in [7, 11) is 0. The topological polar surface area (TPSA) is 24.3 Å². The Kier molecular flexibility index (Phi) is 5.59. The molecule has 1 aromatic carbocycles. The molecule has 2 aromatic rings. The molecule has 1 fully saturated rings. The number of allylic oxidation sites excluding steroid dienone is 1. The highest BCUT2D eigenvalue weighted by atomic mass is 15.3. The Morgan fingerprint density at radius 1 is 1.08 bits per heavy atom. The van der Waals surface area contributed by atoms with Crippen LogP contribution in [-0.2, 0) is 6.42 Å². The van der Waals surface area contributed by atoms with Gasteiger partial charge >= 0.3 is 0 Å². The van der Waals surface area contributed by atoms with Gasteiger partial charge in [-0.25, -0.2) is 4.68 Å². The average Bonchev–Trinajstić information content (AvgIpc) is 2.98. The summed E-state index contributed by atoms with van der Waals surface area (Å²) in [5.74, 6) is 0. The molecule has 0 amide bonds. The van der Waals surface area contributed by atoms with Gasteiger partial charge in [0.25, 0.3) is 0 Å². The fourth-order valence-electron chi connectivity index (χ4n) is 3.53. The number of piperazine rings is 1. The van der Waals surface area contributed by atoms with Crippen LogP contribution in [0.2, 0.25) is 0 Å². The molecule has 1 aliphatic rings. The second kappa shape index (κ2) is 7.87. The lowest BCUT2D eigenvalue weighted by atomic mass is 10.1. The minimum absolute atomic E-state index is 0.959. The zero-order valence-electron chi connectivity index (χ0n) is 16.0. The third-order valence-electron chi connectivity index (χ3n) is 5.27. The van der Waals surface area contributed by atoms with E-state index in [0.717, 1.165) is 44.8 Å². The van der Waals surface area contributed by atoms with Crippen LogP contribution in [0.5, 0.6) is 0 Å². The molecule has 1 aliphatic heterocycles. The molecule has 134 valence electrons. The van der Waals surface area contributed by atoms with E-state index in [1.807, 2.05) is 0 Å². The molecule has 3 rings (SSSR count). The molecule has 4 nitrogen and oxygen atoms in total. The summed E-state index contributed by atoms with van der Waals surface area (Å²) in [5, 5.41) is 4.87. The number of hydrogen-bond acceptors (Lipinski definition) is 3. The first-order valence-corrected chi connectivity index (χ1v) is 9.43. The summed E-state index contributed by atoms with van der Waals surface area (Å²) >= 11 is 0. The van der Waals surface area contributed by atoms with Crippen molar-refractivity contribution in [1.29, 1.82) is 0 Å². The lowest BCUT2D eigenvalue weighted by Crippen LogP contribution is -2.45. The third kappa shape index (κ3) is 3.79. The number of rotatable bonds is 5. The SMILES string of the molecule is CCc1nn(-c2ccccc2)c(/C=C(\C)N2CCN(CC)CC2)c1C. The van der Waals surface area contributed by atoms with Crippen LogP contribution < -0.4 is 0 Å². The van der Waals surface area contributed by atoms with Crippen molar-refractivity contribution in [2.75, 3.05) is 32.7 Å². The number of benzene rings is 1. The normalized spacial score (nSPS) is 16.5. The van der Waals surface area contributed by atoms with E-state index in [2.05, 4.69) is 78.6 Å². The van der Waals surface area contributed by atoms with Gasteiger partial charge in [-0.05, 0) is 50.6 Å². The van der Waals surface area contributed by atoms with E-state index in [1.54, 1.807) is 0 Å². The Bertz CT molecular complexity index is 722. The molecule has 0 atom stereocenters. The number of aromatic nitrogens is 2. The van der Waals surface area contributed by atoms with Crippen LogP contribution in [-0.4, -0.2) is 52.3 Å². The molecular weight excluding hydrogens is 308 g/mol. The van der Waals surface area contributed by atoms with E-state index in [9.17, 15) is 0 Å². The van der Waals surface area contributed by atoms with E-state index >= 15 is 0 Å². The van der Waals surface area contributed by atoms with E-state index in [4.69, 9.17) is 5.10 Å². The smallest absolute Gasteiger partial charge is 0.0717 e. The lowest BCUT2D eigenvalue weighted by Gasteiger charge is -2.36. The first-order chi connectivity index (χ1) is 12.1. The first-order valence-electron chi connectivity index (χ1n) is 9.43. The largest absolute Gasteiger partial charge is 0.372 e. The van der Waals surface area contributed by atoms with Gasteiger partial charge in [0.1, 0.15) is 0 Å². The van der Waals surface area contributed by atoms with Crippen LogP contribution in [0, 0.1) is 6.92 Å². The van der Waals surface area contributed by atoms with Crippen LogP contribution in [0.1, 0.15) is 37.7 Å². The van der Waals surface area contributed by atoms with Gasteiger partial charge in [0, 0.05) is 31.9 Å². The van der Waals surface area contributed by atoms with Gasteiger partial charge in [0.2, 0.25) is 0 Å². The number of likely N-dealkylation sites (N-methyl/N-ethyl adjacent to an activating group) is 1. The van der Waals surface area contributed by atoms with Gasteiger partial charge < -0.3 is 9.80 Å². The molecule has 0 N–H and O–H groups in total. The predicted molar refractivity (Wildman–Crippen MR) is 105 cm³/mol. The van der Waals surface area contributed by atoms with E-state index in [0.29, 0.717) is 0 Å². The zero-order chi connectivity index (χ0) is 17.8. The second-order valence-electron chi connectivity index (χ2n) is 6.76. The van der Waals surface area contributed by atoms with Crippen LogP contribution in [0.15, 0.2) is 36.0 Å². The van der Waals surface area contributed by atoms with Gasteiger partial charge in [-0.3, -0.25) is 0 Å². The van der Waals surface area contributed by atoms with Gasteiger partial charge in [-0.2, -0.15) is 5.10 Å². The molecule has 0 bridgehead atoms. The minimum atomic E-state index is 0.959. The Labute approximate surface area is 151 Å². The Hall–Kier alpha value is -2.07. The molecule has 0 saturated carbocycles. The molecule has 0 aliphatic carbocycles. The van der Waals surface area contributed by atoms with Crippen molar-refractivity contribution in [2.45, 2.75) is 34.1 Å². The predicted octanol–water partition coefficient (Wildman–Crippen LogP) is 3.74. The highest BCUT2D eigenvalue weighted by Crippen LogP contribution is 2.22. The standard InChI is InChI=1S/C21H30N4/c1-5-20-18(4)21(25(22-20)19-10-8-7-9-11-19)16-17(3)24-14-12-23(6-2)13-15-24/h7-11,16H,5-6,12-15H2,1-4H3/b17-16+. The van der Waals surface area contributed by atoms with Gasteiger partial charge in [0.15, 0.2) is 0 Å². The molecule has 1 aromatic heterocycles. The van der Waals surface area contributed by atoms with E-state index < -0.39 is 0 Å². The molecule has 0 spiro atoms. The Morgan fingerprint density at radius 2 is 1.76 bits per heavy atom. The lowest BCUT2D eigenvalue weighted by molar-refractivity contribution is 0.166. The number of nitrogens with zero attached hydrogens (tertiary/aromatic N) is 4. The van der Waals surface area contributed by atoms with E-state index in [1.165, 1.54) is 22.6 Å². The summed E-state index contributed by atoms with van der Waals surface area (Å²) in [6.45, 7) is 14.5. The number of para-hydroxylation sites is 1. The van der Waals surface area contributed by atoms with Crippen molar-refractivity contribution in [3.63, 3.8) is 0 Å². The summed E-state index contributed by atoms with van der Waals surface area (Å²) < 4.78 is 2.10. The van der Waals surface area contributed by atoms with Crippen LogP contribution in [0.3, 0.4) is 0 Å². The Morgan fingerprint density at radius 3 is 2.36 bits per heavy atom. The van der Waals surface area contributed by atoms with Crippen molar-refractivity contribution >= 4 is 6.08 Å². The first kappa shape index (κ1) is 17.7. The molecule has 25 heavy (non-hydrogen) atoms. The molecular formula is C21H30N4. The van der Waals surface area contributed by atoms with Crippen molar-refractivity contribution in [2.24, 2.45) is 0 Å². The highest BCUT2D eigenvalue weighted by molar-refractivity contribution is 5.56. The monoisotopic (exact) mass is 338 g/mol. The van der Waals surface area contributed by atoms with Crippen LogP contribution in [0.4, 0.5) is 0 Å². The summed E-state index contributed by atoms with van der Waals surface area (Å²) in [6.07, 6.45) is 3.27. The average molecular weight is 338 g/mol. The zero-order valence-corrected chi connectivity index (χ0v) is 16.0. The van der Waals surface area contributed by atoms with Crippen molar-refractivity contribution < 1.29 is 0 Å². The highest BCUT2D eigenvalue weighted by Gasteiger charge is 2.18. The maximum Gasteiger partial charge on any atom is 0.0717 e. The Balaban J connectivity index is 1.92. The van der Waals surface area contributed by atoms with Gasteiger partial charge in [0.05, 0.1) is 17.1 Å². The molecule has 1 saturated heterocycles. The quantitative estimate of drug-likeness (QED) is 0.830. The second-order valence-corrected chi connectivity index (χ2v) is 6.76. The van der Waals surface area contributed by atoms with Crippen molar-refractivity contribution in [3.8, 4) is 5.69 Å². The molecule has 2 heterocycles. The summed E-state index contributed by atoms with van der Waals surface area (Å²) in [4.78, 5) is 5.01. The van der Waals surface area contributed by atoms with Crippen molar-refractivity contribution in [3.05, 3.63) is 53.0 Å². The fourth-order valence-corrected chi connectivity index (χ4v) is 3.53. The number of hydrogen-bond donors (Lipinski definition) is 0. The molecule has 0 unspecified atom stereocenters. The van der Waals surface area contributed by atoms with Gasteiger partial charge in [-0.1, -0.05) is 32.0 Å². The van der Waals surface area contributed by atoms with Gasteiger partial charge in [-0.15, -0.1) is 0 Å². The summed E-state index contributed by atoms with van der Waals surface area (Å²) in [5.41, 5.74) is 6.13. The maximum atomic E-state index is 4.87. The molecule has 0 radical (unpaired) electrons. The van der Waals surface area contributed by atoms with Crippen molar-refractivity contribution in [1.82, 2.24) is 19.6 Å². The maximum absolute atomic E-state index is 4.87. The summed E-state index contributed by atoms with van der Waals surface area (Å²) in [6, 6.07) is 10.4. The van der Waals surface area contributed by atoms with E-state index in [-0.39, 0.29) is 0 Å². The molecule has 4 heteroatoms. The minimum Gasteiger partial charge on any atom is -0.372 e. The van der Waals surface area contributed by atoms with Crippen LogP contribution >= 0.6 is 0 Å². The number of aryl methyl sites for hydroxylation is 1. The fraction of sp³-hybridized carbons (Fsp3) is 0.476.